The predicted octanol–water partition coefficient (Wildman–Crippen LogP) is 2.90. The Hall–Kier alpha value is -1.88. The van der Waals surface area contributed by atoms with Gasteiger partial charge in [-0.15, -0.1) is 0 Å². The van der Waals surface area contributed by atoms with E-state index in [-0.39, 0.29) is 39.5 Å². The summed E-state index contributed by atoms with van der Waals surface area (Å²) in [5, 5.41) is -2.57. The number of hydrogen-bond donors (Lipinski definition) is 0. The van der Waals surface area contributed by atoms with E-state index in [1.807, 2.05) is 60.7 Å². The van der Waals surface area contributed by atoms with Gasteiger partial charge in [0, 0.05) is 0 Å². The summed E-state index contributed by atoms with van der Waals surface area (Å²) < 4.78 is 0. The minimum Gasteiger partial charge on any atom is -0.280 e. The summed E-state index contributed by atoms with van der Waals surface area (Å²) in [6, 6.07) is 18.4. The Balaban J connectivity index is 2.14. The predicted molar refractivity (Wildman–Crippen MR) is 136 cm³/mol. The molecule has 36 heavy (non-hydrogen) atoms. The number of hydrogen-bond acceptors (Lipinski definition) is 8. The highest BCUT2D eigenvalue weighted by Crippen LogP contribution is 2.60. The molecule has 2 aromatic carbocycles. The first-order valence-electron chi connectivity index (χ1n) is 11.0. The lowest BCUT2D eigenvalue weighted by atomic mass is 9.79. The van der Waals surface area contributed by atoms with Gasteiger partial charge in [-0.2, -0.15) is 0 Å². The lowest BCUT2D eigenvalue weighted by molar-refractivity contribution is -0.127. The van der Waals surface area contributed by atoms with E-state index in [0.29, 0.717) is 11.1 Å². The molecule has 2 saturated heterocycles. The summed E-state index contributed by atoms with van der Waals surface area (Å²) in [6.45, 7) is -0.802. The monoisotopic (exact) mass is 570 g/mol. The van der Waals surface area contributed by atoms with E-state index < -0.39 is 32.3 Å². The maximum Gasteiger partial charge on any atom is 0.235 e. The average Bonchev–Trinajstić information content (AvgIpc) is 3.23. The zero-order chi connectivity index (χ0) is 26.1. The number of halogens is 4. The van der Waals surface area contributed by atoms with E-state index in [0.717, 1.165) is 0 Å². The Morgan fingerprint density at radius 3 is 1.00 bits per heavy atom. The van der Waals surface area contributed by atoms with Gasteiger partial charge in [-0.25, -0.2) is 0 Å². The number of rotatable bonds is 10. The molecular formula is C24H22Cl4N4O4. The number of fused-ring (bicyclic) bond motifs is 1. The lowest BCUT2D eigenvalue weighted by Crippen LogP contribution is -2.65. The molecule has 0 N–H and O–H groups in total. The molecule has 0 aromatic heterocycles. The second-order valence-corrected chi connectivity index (χ2v) is 10.3. The van der Waals surface area contributed by atoms with Crippen molar-refractivity contribution in [1.29, 1.82) is 0 Å². The van der Waals surface area contributed by atoms with E-state index in [2.05, 4.69) is 0 Å². The summed E-state index contributed by atoms with van der Waals surface area (Å²) in [4.78, 5) is 56.4. The topological polar surface area (TPSA) is 81.2 Å². The van der Waals surface area contributed by atoms with E-state index >= 15 is 0 Å². The molecule has 2 fully saturated rings. The SMILES string of the molecule is O=C(Cl)CN1CN(CC(=O)Cl)C2(c3ccccc3)N(CC(=O)Cl)CN(CC(=O)Cl)C12c1ccccc1. The molecule has 0 spiro atoms. The van der Waals surface area contributed by atoms with Crippen molar-refractivity contribution in [3.05, 3.63) is 71.8 Å². The van der Waals surface area contributed by atoms with Crippen molar-refractivity contribution in [1.82, 2.24) is 19.6 Å². The van der Waals surface area contributed by atoms with Crippen LogP contribution < -0.4 is 0 Å². The van der Waals surface area contributed by atoms with Gasteiger partial charge < -0.3 is 0 Å². The van der Waals surface area contributed by atoms with Crippen LogP contribution in [-0.4, -0.2) is 80.1 Å². The van der Waals surface area contributed by atoms with Crippen LogP contribution in [0.2, 0.25) is 0 Å². The minimum absolute atomic E-state index is 0.0562. The van der Waals surface area contributed by atoms with Crippen molar-refractivity contribution in [3.63, 3.8) is 0 Å². The van der Waals surface area contributed by atoms with Gasteiger partial charge in [0.05, 0.1) is 39.5 Å². The van der Waals surface area contributed by atoms with Crippen LogP contribution in [0.5, 0.6) is 0 Å². The number of carbonyl (C=O) groups excluding carboxylic acids is 4. The molecule has 0 unspecified atom stereocenters. The van der Waals surface area contributed by atoms with Gasteiger partial charge in [0.15, 0.2) is 0 Å². The van der Waals surface area contributed by atoms with Crippen molar-refractivity contribution in [2.75, 3.05) is 39.5 Å². The Morgan fingerprint density at radius 2 is 0.778 bits per heavy atom. The van der Waals surface area contributed by atoms with Gasteiger partial charge in [-0.05, 0) is 57.5 Å². The number of carbonyl (C=O) groups is 4. The van der Waals surface area contributed by atoms with Crippen LogP contribution in [0.1, 0.15) is 11.1 Å². The normalized spacial score (nSPS) is 25.1. The summed E-state index contributed by atoms with van der Waals surface area (Å²) in [5.74, 6) is 0. The Bertz CT molecular complexity index is 1030. The highest BCUT2D eigenvalue weighted by atomic mass is 35.5. The van der Waals surface area contributed by atoms with Gasteiger partial charge in [0.1, 0.15) is 11.3 Å². The first-order valence-corrected chi connectivity index (χ1v) is 12.5. The molecule has 0 saturated carbocycles. The molecule has 0 bridgehead atoms. The smallest absolute Gasteiger partial charge is 0.235 e. The van der Waals surface area contributed by atoms with Crippen LogP contribution in [0.25, 0.3) is 0 Å². The zero-order valence-corrected chi connectivity index (χ0v) is 22.0. The third-order valence-corrected chi connectivity index (χ3v) is 7.09. The second-order valence-electron chi connectivity index (χ2n) is 8.57. The highest BCUT2D eigenvalue weighted by Gasteiger charge is 2.74. The molecule has 0 radical (unpaired) electrons. The second kappa shape index (κ2) is 10.8. The van der Waals surface area contributed by atoms with Crippen LogP contribution in [-0.2, 0) is 30.5 Å². The van der Waals surface area contributed by atoms with Crippen molar-refractivity contribution in [3.8, 4) is 0 Å². The van der Waals surface area contributed by atoms with E-state index in [4.69, 9.17) is 46.4 Å². The van der Waals surface area contributed by atoms with Gasteiger partial charge in [-0.3, -0.25) is 38.8 Å². The van der Waals surface area contributed by atoms with Crippen molar-refractivity contribution >= 4 is 67.4 Å². The van der Waals surface area contributed by atoms with E-state index in [1.165, 1.54) is 0 Å². The maximum atomic E-state index is 12.3. The van der Waals surface area contributed by atoms with Crippen LogP contribution in [0.15, 0.2) is 60.7 Å². The third-order valence-electron chi connectivity index (χ3n) is 6.61. The van der Waals surface area contributed by atoms with Crippen LogP contribution >= 0.6 is 46.4 Å². The zero-order valence-electron chi connectivity index (χ0n) is 18.9. The molecule has 2 heterocycles. The van der Waals surface area contributed by atoms with Crippen LogP contribution in [0, 0.1) is 0 Å². The molecule has 0 aliphatic carbocycles. The number of nitrogens with zero attached hydrogens (tertiary/aromatic N) is 4. The maximum absolute atomic E-state index is 12.3. The first-order chi connectivity index (χ1) is 17.1. The van der Waals surface area contributed by atoms with Crippen molar-refractivity contribution < 1.29 is 19.2 Å². The molecule has 4 rings (SSSR count). The molecule has 8 nitrogen and oxygen atoms in total. The van der Waals surface area contributed by atoms with E-state index in [9.17, 15) is 19.2 Å². The summed E-state index contributed by atoms with van der Waals surface area (Å²) in [6.07, 6.45) is 0. The molecular weight excluding hydrogens is 550 g/mol. The molecule has 2 aliphatic rings. The van der Waals surface area contributed by atoms with Gasteiger partial charge in [0.2, 0.25) is 21.0 Å². The molecule has 2 aromatic rings. The Labute approximate surface area is 228 Å². The minimum atomic E-state index is -1.30. The molecule has 2 aliphatic heterocycles. The fraction of sp³-hybridized carbons (Fsp3) is 0.333. The molecule has 0 amide bonds. The summed E-state index contributed by atoms with van der Waals surface area (Å²) in [7, 11) is 0. The Morgan fingerprint density at radius 1 is 0.528 bits per heavy atom. The van der Waals surface area contributed by atoms with Crippen LogP contribution in [0.3, 0.4) is 0 Å². The third kappa shape index (κ3) is 4.50. The first kappa shape index (κ1) is 27.2. The quantitative estimate of drug-likeness (QED) is 0.403. The fourth-order valence-electron chi connectivity index (χ4n) is 5.84. The molecule has 12 heteroatoms. The molecule has 0 atom stereocenters. The average molecular weight is 572 g/mol. The van der Waals surface area contributed by atoms with Crippen molar-refractivity contribution in [2.24, 2.45) is 0 Å². The standard InChI is InChI=1S/C24H22Cl4N4O4/c25-19(33)11-29-15-31(13-21(27)35)24(18-9-5-2-6-10-18)23(29,17-7-3-1-4-8-17)30(12-20(26)34)16-32(24)14-22(28)36/h1-10H,11-16H2. The highest BCUT2D eigenvalue weighted by molar-refractivity contribution is 6.65. The number of benzene rings is 2. The van der Waals surface area contributed by atoms with Gasteiger partial charge >= 0.3 is 0 Å². The van der Waals surface area contributed by atoms with Crippen LogP contribution in [0.4, 0.5) is 0 Å². The Kier molecular flexibility index (Phi) is 8.19. The summed E-state index contributed by atoms with van der Waals surface area (Å²) in [5.41, 5.74) is -1.22. The lowest BCUT2D eigenvalue weighted by Gasteiger charge is -2.51. The largest absolute Gasteiger partial charge is 0.280 e. The molecule has 190 valence electrons. The van der Waals surface area contributed by atoms with Crippen molar-refractivity contribution in [2.45, 2.75) is 11.3 Å². The van der Waals surface area contributed by atoms with Gasteiger partial charge in [0.25, 0.3) is 0 Å². The van der Waals surface area contributed by atoms with E-state index in [1.54, 1.807) is 19.6 Å². The summed E-state index contributed by atoms with van der Waals surface area (Å²) >= 11 is 23.7. The van der Waals surface area contributed by atoms with Gasteiger partial charge in [-0.1, -0.05) is 60.7 Å². The fourth-order valence-corrected chi connectivity index (χ4v) is 6.41.